The molecule has 2 aromatic carbocycles. The van der Waals surface area contributed by atoms with Gasteiger partial charge in [0.05, 0.1) is 5.69 Å². The van der Waals surface area contributed by atoms with E-state index in [0.29, 0.717) is 27.9 Å². The molecule has 2 heterocycles. The molecule has 0 unspecified atom stereocenters. The van der Waals surface area contributed by atoms with E-state index in [1.54, 1.807) is 0 Å². The Morgan fingerprint density at radius 3 is 2.81 bits per heavy atom. The highest BCUT2D eigenvalue weighted by atomic mass is 32.1. The van der Waals surface area contributed by atoms with Gasteiger partial charge in [-0.2, -0.15) is 5.26 Å². The summed E-state index contributed by atoms with van der Waals surface area (Å²) >= 11 is 1.30. The first-order chi connectivity index (χ1) is 13.1. The molecule has 0 atom stereocenters. The fourth-order valence-electron chi connectivity index (χ4n) is 2.47. The maximum atomic E-state index is 13.3. The monoisotopic (exact) mass is 383 g/mol. The number of allylic oxidation sites excluding steroid dienone is 1. The summed E-state index contributed by atoms with van der Waals surface area (Å²) in [6, 6.07) is 11.0. The number of benzene rings is 2. The zero-order chi connectivity index (χ0) is 18.8. The van der Waals surface area contributed by atoms with Crippen molar-refractivity contribution in [2.45, 2.75) is 0 Å². The molecule has 134 valence electrons. The van der Waals surface area contributed by atoms with Crippen molar-refractivity contribution in [3.05, 3.63) is 64.6 Å². The van der Waals surface area contributed by atoms with Crippen molar-refractivity contribution in [2.75, 3.05) is 12.1 Å². The quantitative estimate of drug-likeness (QED) is 0.656. The molecule has 1 aromatic heterocycles. The summed E-state index contributed by atoms with van der Waals surface area (Å²) in [5.41, 5.74) is 2.14. The second-order valence-electron chi connectivity index (χ2n) is 5.55. The summed E-state index contributed by atoms with van der Waals surface area (Å²) in [4.78, 5) is 4.48. The lowest BCUT2D eigenvalue weighted by molar-refractivity contribution is 0.174. The van der Waals surface area contributed by atoms with Gasteiger partial charge in [0.25, 0.3) is 0 Å². The Labute approximate surface area is 157 Å². The smallest absolute Gasteiger partial charge is 0.231 e. The summed E-state index contributed by atoms with van der Waals surface area (Å²) in [5, 5.41) is 14.5. The summed E-state index contributed by atoms with van der Waals surface area (Å²) < 4.78 is 36.9. The van der Waals surface area contributed by atoms with Crippen LogP contribution in [-0.2, 0) is 0 Å². The Kier molecular flexibility index (Phi) is 4.44. The Balaban J connectivity index is 1.57. The second kappa shape index (κ2) is 7.05. The first kappa shape index (κ1) is 17.0. The van der Waals surface area contributed by atoms with Crippen molar-refractivity contribution in [3.63, 3.8) is 0 Å². The van der Waals surface area contributed by atoms with Crippen LogP contribution in [-0.4, -0.2) is 11.8 Å². The molecule has 0 bridgehead atoms. The summed E-state index contributed by atoms with van der Waals surface area (Å²) in [6.07, 6.45) is 1.41. The zero-order valence-electron chi connectivity index (χ0n) is 13.7. The normalized spacial score (nSPS) is 12.7. The molecule has 4 rings (SSSR count). The number of hydrogen-bond acceptors (Lipinski definition) is 6. The van der Waals surface area contributed by atoms with Gasteiger partial charge in [-0.15, -0.1) is 11.3 Å². The van der Waals surface area contributed by atoms with Crippen LogP contribution in [0.5, 0.6) is 11.5 Å². The van der Waals surface area contributed by atoms with E-state index in [-0.39, 0.29) is 12.4 Å². The minimum atomic E-state index is -0.966. The van der Waals surface area contributed by atoms with Gasteiger partial charge in [-0.1, -0.05) is 0 Å². The predicted octanol–water partition coefficient (Wildman–Crippen LogP) is 4.79. The lowest BCUT2D eigenvalue weighted by atomic mass is 10.1. The van der Waals surface area contributed by atoms with Gasteiger partial charge in [0, 0.05) is 28.9 Å². The first-order valence-corrected chi connectivity index (χ1v) is 8.70. The molecule has 0 fully saturated rings. The highest BCUT2D eigenvalue weighted by molar-refractivity contribution is 7.11. The highest BCUT2D eigenvalue weighted by Gasteiger charge is 2.16. The number of fused-ring (bicyclic) bond motifs is 1. The predicted molar refractivity (Wildman–Crippen MR) is 97.2 cm³/mol. The van der Waals surface area contributed by atoms with Crippen LogP contribution in [0.4, 0.5) is 14.5 Å². The number of rotatable bonds is 4. The van der Waals surface area contributed by atoms with Crippen LogP contribution < -0.4 is 14.8 Å². The van der Waals surface area contributed by atoms with Crippen molar-refractivity contribution in [1.82, 2.24) is 4.98 Å². The molecule has 0 saturated carbocycles. The van der Waals surface area contributed by atoms with Gasteiger partial charge in [0.1, 0.15) is 16.6 Å². The third-order valence-corrected chi connectivity index (χ3v) is 4.70. The number of nitriles is 1. The van der Waals surface area contributed by atoms with Gasteiger partial charge in [0.15, 0.2) is 23.1 Å². The number of nitrogens with zero attached hydrogens (tertiary/aromatic N) is 2. The van der Waals surface area contributed by atoms with E-state index in [0.717, 1.165) is 17.7 Å². The molecular weight excluding hydrogens is 372 g/mol. The summed E-state index contributed by atoms with van der Waals surface area (Å²) in [7, 11) is 0. The standard InChI is InChI=1S/C19H11F2N3O2S/c20-14-3-2-13(6-15(14)21)23-8-12(7-22)19-24-16(9-27-19)11-1-4-17-18(5-11)26-10-25-17/h1-6,8-9,23H,10H2/b12-8-. The first-order valence-electron chi connectivity index (χ1n) is 7.82. The Bertz CT molecular complexity index is 1090. The zero-order valence-corrected chi connectivity index (χ0v) is 14.5. The van der Waals surface area contributed by atoms with E-state index in [1.807, 2.05) is 23.6 Å². The van der Waals surface area contributed by atoms with Gasteiger partial charge in [0.2, 0.25) is 6.79 Å². The van der Waals surface area contributed by atoms with Gasteiger partial charge in [-0.05, 0) is 30.3 Å². The number of anilines is 1. The average Bonchev–Trinajstić information content (AvgIpc) is 3.34. The Hall–Kier alpha value is -3.44. The fraction of sp³-hybridized carbons (Fsp3) is 0.0526. The van der Waals surface area contributed by atoms with Crippen molar-refractivity contribution in [1.29, 1.82) is 5.26 Å². The minimum Gasteiger partial charge on any atom is -0.454 e. The molecule has 1 N–H and O–H groups in total. The van der Waals surface area contributed by atoms with Crippen molar-refractivity contribution in [3.8, 4) is 28.8 Å². The summed E-state index contributed by atoms with van der Waals surface area (Å²) in [6.45, 7) is 0.193. The molecule has 0 radical (unpaired) electrons. The lowest BCUT2D eigenvalue weighted by Crippen LogP contribution is -1.93. The van der Waals surface area contributed by atoms with Crippen molar-refractivity contribution >= 4 is 22.6 Å². The number of halogens is 2. The number of aromatic nitrogens is 1. The molecule has 0 saturated heterocycles. The van der Waals surface area contributed by atoms with Crippen LogP contribution in [0.3, 0.4) is 0 Å². The molecule has 0 aliphatic carbocycles. The van der Waals surface area contributed by atoms with E-state index >= 15 is 0 Å². The van der Waals surface area contributed by atoms with Crippen LogP contribution in [0.25, 0.3) is 16.8 Å². The third-order valence-electron chi connectivity index (χ3n) is 3.83. The van der Waals surface area contributed by atoms with E-state index in [1.165, 1.54) is 23.6 Å². The molecule has 3 aromatic rings. The lowest BCUT2D eigenvalue weighted by Gasteiger charge is -2.02. The molecule has 27 heavy (non-hydrogen) atoms. The third kappa shape index (κ3) is 3.45. The van der Waals surface area contributed by atoms with Crippen LogP contribution >= 0.6 is 11.3 Å². The molecule has 0 spiro atoms. The largest absolute Gasteiger partial charge is 0.454 e. The van der Waals surface area contributed by atoms with E-state index < -0.39 is 11.6 Å². The second-order valence-corrected chi connectivity index (χ2v) is 6.41. The van der Waals surface area contributed by atoms with Crippen LogP contribution in [0.1, 0.15) is 5.01 Å². The minimum absolute atomic E-state index is 0.193. The SMILES string of the molecule is N#C/C(=C/Nc1ccc(F)c(F)c1)c1nc(-c2ccc3c(c2)OCO3)cs1. The Morgan fingerprint density at radius 1 is 1.15 bits per heavy atom. The van der Waals surface area contributed by atoms with E-state index in [4.69, 9.17) is 9.47 Å². The number of ether oxygens (including phenoxy) is 2. The molecule has 1 aliphatic rings. The van der Waals surface area contributed by atoms with E-state index in [9.17, 15) is 14.0 Å². The van der Waals surface area contributed by atoms with Gasteiger partial charge in [-0.25, -0.2) is 13.8 Å². The number of nitrogens with one attached hydrogen (secondary N) is 1. The van der Waals surface area contributed by atoms with Gasteiger partial charge in [-0.3, -0.25) is 0 Å². The molecule has 0 amide bonds. The van der Waals surface area contributed by atoms with E-state index in [2.05, 4.69) is 16.4 Å². The number of hydrogen-bond donors (Lipinski definition) is 1. The molecule has 1 aliphatic heterocycles. The Morgan fingerprint density at radius 2 is 2.00 bits per heavy atom. The maximum Gasteiger partial charge on any atom is 0.231 e. The molecular formula is C19H11F2N3O2S. The van der Waals surface area contributed by atoms with Gasteiger partial charge >= 0.3 is 0 Å². The van der Waals surface area contributed by atoms with Crippen LogP contribution in [0.15, 0.2) is 48.0 Å². The average molecular weight is 383 g/mol. The maximum absolute atomic E-state index is 13.3. The van der Waals surface area contributed by atoms with Crippen molar-refractivity contribution < 1.29 is 18.3 Å². The van der Waals surface area contributed by atoms with Gasteiger partial charge < -0.3 is 14.8 Å². The topological polar surface area (TPSA) is 67.2 Å². The highest BCUT2D eigenvalue weighted by Crippen LogP contribution is 2.36. The van der Waals surface area contributed by atoms with Crippen molar-refractivity contribution in [2.24, 2.45) is 0 Å². The van der Waals surface area contributed by atoms with Crippen LogP contribution in [0.2, 0.25) is 0 Å². The fourth-order valence-corrected chi connectivity index (χ4v) is 3.26. The number of thiazole rings is 1. The molecule has 5 nitrogen and oxygen atoms in total. The van der Waals surface area contributed by atoms with Crippen LogP contribution in [0, 0.1) is 23.0 Å². The summed E-state index contributed by atoms with van der Waals surface area (Å²) in [5.74, 6) is -0.565. The molecule has 8 heteroatoms.